The van der Waals surface area contributed by atoms with Crippen LogP contribution in [0.3, 0.4) is 0 Å². The lowest BCUT2D eigenvalue weighted by atomic mass is 10.0. The third-order valence-corrected chi connectivity index (χ3v) is 4.64. The molecule has 1 heterocycles. The molecule has 3 aromatic carbocycles. The molecule has 4 rings (SSSR count). The van der Waals surface area contributed by atoms with Crippen molar-refractivity contribution in [2.45, 2.75) is 6.42 Å². The van der Waals surface area contributed by atoms with Gasteiger partial charge in [-0.15, -0.1) is 0 Å². The third-order valence-electron chi connectivity index (χ3n) is 4.33. The molecule has 0 saturated heterocycles. The van der Waals surface area contributed by atoms with Gasteiger partial charge in [-0.1, -0.05) is 41.9 Å². The Kier molecular flexibility index (Phi) is 4.25. The van der Waals surface area contributed by atoms with Crippen molar-refractivity contribution in [2.24, 2.45) is 0 Å². The van der Waals surface area contributed by atoms with Gasteiger partial charge in [0.15, 0.2) is 0 Å². The van der Waals surface area contributed by atoms with Gasteiger partial charge in [0.25, 0.3) is 5.69 Å². The van der Waals surface area contributed by atoms with Crippen molar-refractivity contribution in [1.29, 1.82) is 0 Å². The number of amides is 1. The summed E-state index contributed by atoms with van der Waals surface area (Å²) < 4.78 is 5.59. The number of fused-ring (bicyclic) bond motifs is 3. The molecule has 6 nitrogen and oxygen atoms in total. The summed E-state index contributed by atoms with van der Waals surface area (Å²) in [5, 5.41) is 16.6. The highest BCUT2D eigenvalue weighted by Crippen LogP contribution is 2.31. The molecule has 4 aromatic rings. The van der Waals surface area contributed by atoms with Gasteiger partial charge in [0.1, 0.15) is 5.58 Å². The molecular formula is C20H13ClN2O4. The van der Waals surface area contributed by atoms with Gasteiger partial charge in [-0.05, 0) is 22.9 Å². The van der Waals surface area contributed by atoms with Crippen LogP contribution in [0.2, 0.25) is 5.02 Å². The fourth-order valence-electron chi connectivity index (χ4n) is 3.09. The first kappa shape index (κ1) is 17.1. The van der Waals surface area contributed by atoms with Gasteiger partial charge in [0.2, 0.25) is 5.91 Å². The van der Waals surface area contributed by atoms with E-state index in [1.165, 1.54) is 18.2 Å². The van der Waals surface area contributed by atoms with Gasteiger partial charge in [-0.25, -0.2) is 0 Å². The summed E-state index contributed by atoms with van der Waals surface area (Å²) >= 11 is 6.03. The van der Waals surface area contributed by atoms with Crippen LogP contribution in [0.1, 0.15) is 5.56 Å². The molecule has 0 saturated carbocycles. The first-order valence-electron chi connectivity index (χ1n) is 8.14. The zero-order valence-corrected chi connectivity index (χ0v) is 14.7. The third kappa shape index (κ3) is 3.22. The highest BCUT2D eigenvalue weighted by atomic mass is 35.5. The van der Waals surface area contributed by atoms with E-state index >= 15 is 0 Å². The van der Waals surface area contributed by atoms with Crippen molar-refractivity contribution in [3.8, 4) is 0 Å². The average molecular weight is 381 g/mol. The molecule has 1 N–H and O–H groups in total. The Morgan fingerprint density at radius 2 is 1.96 bits per heavy atom. The Morgan fingerprint density at radius 1 is 1.15 bits per heavy atom. The molecule has 0 unspecified atom stereocenters. The quantitative estimate of drug-likeness (QED) is 0.383. The molecule has 0 fully saturated rings. The smallest absolute Gasteiger partial charge is 0.271 e. The first-order valence-corrected chi connectivity index (χ1v) is 8.52. The van der Waals surface area contributed by atoms with Crippen LogP contribution >= 0.6 is 11.6 Å². The minimum absolute atomic E-state index is 0.0916. The number of hydrogen-bond donors (Lipinski definition) is 1. The number of nitro benzene ring substituents is 1. The van der Waals surface area contributed by atoms with Crippen molar-refractivity contribution in [3.63, 3.8) is 0 Å². The van der Waals surface area contributed by atoms with Gasteiger partial charge in [0, 0.05) is 23.1 Å². The zero-order valence-electron chi connectivity index (χ0n) is 13.9. The molecule has 0 aliphatic rings. The number of rotatable bonds is 4. The maximum atomic E-state index is 12.5. The van der Waals surface area contributed by atoms with Crippen LogP contribution in [0.25, 0.3) is 21.7 Å². The second-order valence-electron chi connectivity index (χ2n) is 6.07. The maximum absolute atomic E-state index is 12.5. The Labute approximate surface area is 158 Å². The lowest BCUT2D eigenvalue weighted by Crippen LogP contribution is -2.14. The van der Waals surface area contributed by atoms with Gasteiger partial charge in [-0.3, -0.25) is 14.9 Å². The number of anilines is 1. The van der Waals surface area contributed by atoms with Gasteiger partial charge in [0.05, 0.1) is 28.3 Å². The van der Waals surface area contributed by atoms with Gasteiger partial charge in [-0.2, -0.15) is 0 Å². The van der Waals surface area contributed by atoms with Crippen molar-refractivity contribution in [3.05, 3.63) is 81.6 Å². The van der Waals surface area contributed by atoms with E-state index in [-0.39, 0.29) is 23.0 Å². The number of benzene rings is 3. The van der Waals surface area contributed by atoms with Crippen molar-refractivity contribution < 1.29 is 14.1 Å². The number of furan rings is 1. The van der Waals surface area contributed by atoms with E-state index in [4.69, 9.17) is 16.0 Å². The number of nitro groups is 1. The highest BCUT2D eigenvalue weighted by Gasteiger charge is 2.15. The summed E-state index contributed by atoms with van der Waals surface area (Å²) in [6.07, 6.45) is 1.67. The summed E-state index contributed by atoms with van der Waals surface area (Å²) in [6, 6.07) is 15.7. The van der Waals surface area contributed by atoms with E-state index in [0.717, 1.165) is 21.7 Å². The minimum Gasteiger partial charge on any atom is -0.464 e. The minimum atomic E-state index is -0.541. The van der Waals surface area contributed by atoms with Crippen LogP contribution in [0, 0.1) is 10.1 Å². The summed E-state index contributed by atoms with van der Waals surface area (Å²) in [4.78, 5) is 22.7. The maximum Gasteiger partial charge on any atom is 0.271 e. The fourth-order valence-corrected chi connectivity index (χ4v) is 3.31. The van der Waals surface area contributed by atoms with Crippen LogP contribution in [0.4, 0.5) is 11.4 Å². The van der Waals surface area contributed by atoms with Gasteiger partial charge < -0.3 is 9.73 Å². The van der Waals surface area contributed by atoms with E-state index in [9.17, 15) is 14.9 Å². The zero-order chi connectivity index (χ0) is 19.0. The number of nitrogens with one attached hydrogen (secondary N) is 1. The number of non-ortho nitro benzene ring substituents is 1. The standard InChI is InChI=1S/C20H13ClN2O4/c21-16-10-14(23(25)26)6-7-17(16)22-19(24)9-13-11-27-18-8-5-12-3-1-2-4-15(12)20(13)18/h1-8,10-11H,9H2,(H,22,24). The van der Waals surface area contributed by atoms with Crippen molar-refractivity contribution in [2.75, 3.05) is 5.32 Å². The normalized spacial score (nSPS) is 11.0. The van der Waals surface area contributed by atoms with E-state index in [1.54, 1.807) is 6.26 Å². The summed E-state index contributed by atoms with van der Waals surface area (Å²) in [7, 11) is 0. The van der Waals surface area contributed by atoms with Gasteiger partial charge >= 0.3 is 0 Å². The second kappa shape index (κ2) is 6.74. The average Bonchev–Trinajstić information content (AvgIpc) is 3.06. The number of carbonyl (C=O) groups is 1. The molecule has 0 aliphatic carbocycles. The van der Waals surface area contributed by atoms with Crippen LogP contribution in [0.15, 0.2) is 65.3 Å². The van der Waals surface area contributed by atoms with Crippen molar-refractivity contribution in [1.82, 2.24) is 0 Å². The van der Waals surface area contributed by atoms with E-state index in [0.29, 0.717) is 11.3 Å². The molecule has 0 aliphatic heterocycles. The second-order valence-corrected chi connectivity index (χ2v) is 6.47. The fraction of sp³-hybridized carbons (Fsp3) is 0.0500. The predicted octanol–water partition coefficient (Wildman–Crippen LogP) is 5.33. The highest BCUT2D eigenvalue weighted by molar-refractivity contribution is 6.34. The summed E-state index contributed by atoms with van der Waals surface area (Å²) in [5.41, 5.74) is 1.66. The Balaban J connectivity index is 1.62. The van der Waals surface area contributed by atoms with E-state index < -0.39 is 4.92 Å². The Hall–Kier alpha value is -3.38. The topological polar surface area (TPSA) is 85.4 Å². The summed E-state index contributed by atoms with van der Waals surface area (Å²) in [6.45, 7) is 0. The molecule has 0 spiro atoms. The lowest BCUT2D eigenvalue weighted by molar-refractivity contribution is -0.384. The monoisotopic (exact) mass is 380 g/mol. The molecule has 1 aromatic heterocycles. The largest absolute Gasteiger partial charge is 0.464 e. The molecule has 0 bridgehead atoms. The SMILES string of the molecule is O=C(Cc1coc2ccc3ccccc3c12)Nc1ccc([N+](=O)[O-])cc1Cl. The first-order chi connectivity index (χ1) is 13.0. The Bertz CT molecular complexity index is 1200. The molecule has 0 atom stereocenters. The van der Waals surface area contributed by atoms with E-state index in [1.807, 2.05) is 36.4 Å². The molecular weight excluding hydrogens is 368 g/mol. The number of nitrogens with zero attached hydrogens (tertiary/aromatic N) is 1. The molecule has 27 heavy (non-hydrogen) atoms. The Morgan fingerprint density at radius 3 is 2.74 bits per heavy atom. The van der Waals surface area contributed by atoms with E-state index in [2.05, 4.69) is 5.32 Å². The van der Waals surface area contributed by atoms with Crippen LogP contribution in [-0.4, -0.2) is 10.8 Å². The summed E-state index contributed by atoms with van der Waals surface area (Å²) in [5.74, 6) is -0.290. The molecule has 7 heteroatoms. The van der Waals surface area contributed by atoms with Crippen molar-refractivity contribution >= 4 is 50.6 Å². The van der Waals surface area contributed by atoms with Crippen LogP contribution in [0.5, 0.6) is 0 Å². The molecule has 134 valence electrons. The predicted molar refractivity (Wildman–Crippen MR) is 104 cm³/mol. The number of halogens is 1. The number of hydrogen-bond acceptors (Lipinski definition) is 4. The van der Waals surface area contributed by atoms with Crippen LogP contribution < -0.4 is 5.32 Å². The lowest BCUT2D eigenvalue weighted by Gasteiger charge is -2.07. The van der Waals surface area contributed by atoms with Crippen LogP contribution in [-0.2, 0) is 11.2 Å². The molecule has 1 amide bonds. The molecule has 0 radical (unpaired) electrons. The number of carbonyl (C=O) groups excluding carboxylic acids is 1.